The third-order valence-corrected chi connectivity index (χ3v) is 12.5. The fourth-order valence-corrected chi connectivity index (χ4v) is 8.87. The molecule has 366 valence electrons. The summed E-state index contributed by atoms with van der Waals surface area (Å²) >= 11 is 6.35. The topological polar surface area (TPSA) is 195 Å². The zero-order valence-corrected chi connectivity index (χ0v) is 42.4. The predicted octanol–water partition coefficient (Wildman–Crippen LogP) is 8.28. The first-order valence-electron chi connectivity index (χ1n) is 23.6. The highest BCUT2D eigenvalue weighted by Gasteiger charge is 2.19. The van der Waals surface area contributed by atoms with E-state index in [-0.39, 0.29) is 0 Å². The first-order chi connectivity index (χ1) is 35.4. The number of hydrogen-bond donors (Lipinski definition) is 1. The third-order valence-electron chi connectivity index (χ3n) is 12.2. The zero-order chi connectivity index (χ0) is 50.8. The van der Waals surface area contributed by atoms with Crippen molar-refractivity contribution in [1.29, 1.82) is 0 Å². The molecule has 9 aromatic heterocycles. The molecule has 0 aliphatic carbocycles. The van der Waals surface area contributed by atoms with Gasteiger partial charge in [0.15, 0.2) is 28.8 Å². The van der Waals surface area contributed by atoms with E-state index in [0.29, 0.717) is 16.5 Å². The van der Waals surface area contributed by atoms with Gasteiger partial charge in [0.2, 0.25) is 5.65 Å². The first kappa shape index (κ1) is 47.7. The lowest BCUT2D eigenvalue weighted by Gasteiger charge is -2.07. The number of nitrogens with zero attached hydrogens (tertiary/aromatic N) is 18. The van der Waals surface area contributed by atoms with Crippen LogP contribution >= 0.6 is 11.6 Å². The molecular weight excluding hydrogens is 938 g/mol. The molecule has 12 rings (SSSR count). The van der Waals surface area contributed by atoms with Gasteiger partial charge in [-0.25, -0.2) is 0 Å². The van der Waals surface area contributed by atoms with Crippen LogP contribution in [0.25, 0.3) is 50.7 Å². The molecule has 0 saturated heterocycles. The standard InChI is InChI=1S/C18H19N7.C18H18N6.C17H15ClN6/c1-12-20-21-18-17(19-2)10-16(23-25(12)18)14-11-24(3)22-15(14)9-13-7-5-4-6-8-13;1-12-9-16(22-24-13(2)19-20-18(12)24)15-11-23(3)21-17(15)10-14-7-5-4-6-8-14;1-11-19-20-17-14(18)9-16(22-24(11)17)13-10-23(2)21-15(13)8-12-6-4-3-5-7-12/h4-8,10-11,19H,9H2,1-3H3;4-9,11H,10H2,1-3H3;3-7,9-10H,8H2,1-2H3. The number of nitrogens with one attached hydrogen (secondary N) is 1. The fraction of sp³-hybridized carbons (Fsp3) is 0.208. The number of halogens is 1. The Balaban J connectivity index is 0.000000126. The van der Waals surface area contributed by atoms with Crippen molar-refractivity contribution in [3.8, 4) is 33.8 Å². The van der Waals surface area contributed by atoms with Crippen LogP contribution < -0.4 is 5.32 Å². The van der Waals surface area contributed by atoms with Crippen LogP contribution in [0.4, 0.5) is 5.69 Å². The van der Waals surface area contributed by atoms with Crippen LogP contribution in [0.5, 0.6) is 0 Å². The van der Waals surface area contributed by atoms with Crippen LogP contribution in [0.2, 0.25) is 5.02 Å². The number of aryl methyl sites for hydroxylation is 7. The summed E-state index contributed by atoms with van der Waals surface area (Å²) in [5.41, 5.74) is 16.1. The van der Waals surface area contributed by atoms with Gasteiger partial charge in [-0.05, 0) is 68.1 Å². The van der Waals surface area contributed by atoms with Crippen LogP contribution in [0.1, 0.15) is 56.8 Å². The second-order valence-corrected chi connectivity index (χ2v) is 18.1. The van der Waals surface area contributed by atoms with E-state index in [9.17, 15) is 0 Å². The van der Waals surface area contributed by atoms with Gasteiger partial charge in [-0.1, -0.05) is 103 Å². The van der Waals surface area contributed by atoms with E-state index in [0.717, 1.165) is 104 Å². The Morgan fingerprint density at radius 1 is 0.425 bits per heavy atom. The molecule has 73 heavy (non-hydrogen) atoms. The average Bonchev–Trinajstić information content (AvgIpc) is 4.27. The van der Waals surface area contributed by atoms with Crippen molar-refractivity contribution in [2.75, 3.05) is 12.4 Å². The van der Waals surface area contributed by atoms with Crippen molar-refractivity contribution in [3.05, 3.63) is 190 Å². The molecule has 19 nitrogen and oxygen atoms in total. The maximum Gasteiger partial charge on any atom is 0.200 e. The molecule has 12 aromatic rings. The Morgan fingerprint density at radius 2 is 0.781 bits per heavy atom. The predicted molar refractivity (Wildman–Crippen MR) is 280 cm³/mol. The molecular formula is C53H52ClN19. The normalized spacial score (nSPS) is 11.2. The van der Waals surface area contributed by atoms with Gasteiger partial charge >= 0.3 is 0 Å². The minimum atomic E-state index is 0.523. The van der Waals surface area contributed by atoms with Gasteiger partial charge in [0.1, 0.15) is 0 Å². The summed E-state index contributed by atoms with van der Waals surface area (Å²) in [6.45, 7) is 7.68. The number of anilines is 1. The quantitative estimate of drug-likeness (QED) is 0.138. The van der Waals surface area contributed by atoms with Gasteiger partial charge in [-0.15, -0.1) is 30.6 Å². The Morgan fingerprint density at radius 3 is 1.21 bits per heavy atom. The molecule has 0 bridgehead atoms. The average molecular weight is 991 g/mol. The molecule has 0 amide bonds. The lowest BCUT2D eigenvalue weighted by molar-refractivity contribution is 0.749. The molecule has 0 atom stereocenters. The monoisotopic (exact) mass is 989 g/mol. The molecule has 3 aromatic carbocycles. The molecule has 0 saturated carbocycles. The lowest BCUT2D eigenvalue weighted by atomic mass is 10.0. The van der Waals surface area contributed by atoms with Crippen LogP contribution in [0, 0.1) is 27.7 Å². The Kier molecular flexibility index (Phi) is 13.3. The summed E-state index contributed by atoms with van der Waals surface area (Å²) in [5.74, 6) is 2.23. The van der Waals surface area contributed by atoms with E-state index < -0.39 is 0 Å². The van der Waals surface area contributed by atoms with Crippen molar-refractivity contribution in [2.45, 2.75) is 47.0 Å². The van der Waals surface area contributed by atoms with Crippen molar-refractivity contribution in [2.24, 2.45) is 21.1 Å². The molecule has 0 aliphatic rings. The largest absolute Gasteiger partial charge is 0.385 e. The minimum Gasteiger partial charge on any atom is -0.385 e. The number of fused-ring (bicyclic) bond motifs is 3. The van der Waals surface area contributed by atoms with E-state index in [1.807, 2.05) is 151 Å². The Bertz CT molecular complexity index is 3700. The molecule has 0 radical (unpaired) electrons. The number of aromatic nitrogens is 18. The van der Waals surface area contributed by atoms with E-state index >= 15 is 0 Å². The van der Waals surface area contributed by atoms with Gasteiger partial charge < -0.3 is 5.32 Å². The zero-order valence-electron chi connectivity index (χ0n) is 41.7. The molecule has 0 aliphatic heterocycles. The van der Waals surface area contributed by atoms with Gasteiger partial charge in [-0.2, -0.15) is 44.1 Å². The Hall–Kier alpha value is -8.97. The van der Waals surface area contributed by atoms with Gasteiger partial charge in [0, 0.05) is 82.7 Å². The molecule has 9 heterocycles. The highest BCUT2D eigenvalue weighted by atomic mass is 35.5. The second-order valence-electron chi connectivity index (χ2n) is 17.7. The van der Waals surface area contributed by atoms with Crippen LogP contribution in [0.15, 0.2) is 128 Å². The van der Waals surface area contributed by atoms with Crippen LogP contribution in [-0.2, 0) is 40.4 Å². The Labute approximate surface area is 425 Å². The third kappa shape index (κ3) is 10.2. The molecule has 20 heteroatoms. The minimum absolute atomic E-state index is 0.523. The first-order valence-corrected chi connectivity index (χ1v) is 24.0. The summed E-state index contributed by atoms with van der Waals surface area (Å²) in [6, 6.07) is 36.8. The summed E-state index contributed by atoms with van der Waals surface area (Å²) in [7, 11) is 7.65. The smallest absolute Gasteiger partial charge is 0.200 e. The summed E-state index contributed by atoms with van der Waals surface area (Å²) in [6.07, 6.45) is 8.25. The highest BCUT2D eigenvalue weighted by Crippen LogP contribution is 2.30. The van der Waals surface area contributed by atoms with Crippen molar-refractivity contribution >= 4 is 34.2 Å². The maximum atomic E-state index is 6.35. The molecule has 0 unspecified atom stereocenters. The summed E-state index contributed by atoms with van der Waals surface area (Å²) in [4.78, 5) is 0. The number of hydrogen-bond acceptors (Lipinski definition) is 13. The SMILES string of the molecule is CNc1cc(-c2cn(C)nc2Cc2ccccc2)nn2c(C)nnc12.Cc1cc(-c2cn(C)nc2Cc2ccccc2)nn2c(C)nnc12.Cc1nnc2c(Cl)cc(-c3cn(C)nc3Cc3ccccc3)nn12. The maximum absolute atomic E-state index is 6.35. The van der Waals surface area contributed by atoms with Crippen molar-refractivity contribution in [1.82, 2.24) is 88.8 Å². The van der Waals surface area contributed by atoms with Gasteiger partial charge in [0.25, 0.3) is 0 Å². The van der Waals surface area contributed by atoms with E-state index in [1.165, 1.54) is 16.7 Å². The molecule has 0 fully saturated rings. The van der Waals surface area contributed by atoms with Crippen LogP contribution in [0.3, 0.4) is 0 Å². The lowest BCUT2D eigenvalue weighted by Crippen LogP contribution is -2.02. The molecule has 0 spiro atoms. The summed E-state index contributed by atoms with van der Waals surface area (Å²) < 4.78 is 10.7. The van der Waals surface area contributed by atoms with Crippen molar-refractivity contribution in [3.63, 3.8) is 0 Å². The van der Waals surface area contributed by atoms with E-state index in [2.05, 4.69) is 98.8 Å². The fourth-order valence-electron chi connectivity index (χ4n) is 8.64. The van der Waals surface area contributed by atoms with Crippen molar-refractivity contribution < 1.29 is 0 Å². The molecule has 1 N–H and O–H groups in total. The van der Waals surface area contributed by atoms with E-state index in [4.69, 9.17) is 21.8 Å². The van der Waals surface area contributed by atoms with Crippen LogP contribution in [-0.4, -0.2) is 95.8 Å². The second kappa shape index (κ2) is 20.4. The van der Waals surface area contributed by atoms with Gasteiger partial charge in [-0.3, -0.25) is 14.0 Å². The number of rotatable bonds is 10. The number of benzene rings is 3. The van der Waals surface area contributed by atoms with E-state index in [1.54, 1.807) is 18.2 Å². The highest BCUT2D eigenvalue weighted by molar-refractivity contribution is 6.33. The summed E-state index contributed by atoms with van der Waals surface area (Å²) in [5, 5.41) is 56.3. The van der Waals surface area contributed by atoms with Gasteiger partial charge in [0.05, 0.1) is 44.9 Å².